The van der Waals surface area contributed by atoms with Crippen LogP contribution in [0.5, 0.6) is 0 Å². The lowest BCUT2D eigenvalue weighted by Gasteiger charge is -2.13. The molecule has 0 aliphatic carbocycles. The molecule has 1 N–H and O–H groups in total. The summed E-state index contributed by atoms with van der Waals surface area (Å²) in [5.74, 6) is 0.398. The SMILES string of the molecule is Cc1cc(Cn2c(=O)[nH]c3ccc(C(F)(F)F)cc3c2=O)nc(N(C)C)n1. The van der Waals surface area contributed by atoms with E-state index in [0.717, 1.165) is 22.8 Å². The first-order chi connectivity index (χ1) is 12.6. The second kappa shape index (κ2) is 6.53. The van der Waals surface area contributed by atoms with Gasteiger partial charge in [-0.05, 0) is 31.2 Å². The summed E-state index contributed by atoms with van der Waals surface area (Å²) in [6, 6.07) is 4.24. The number of aromatic nitrogens is 4. The Kier molecular flexibility index (Phi) is 4.50. The van der Waals surface area contributed by atoms with Gasteiger partial charge in [-0.3, -0.25) is 9.36 Å². The third-order valence-corrected chi connectivity index (χ3v) is 3.92. The Balaban J connectivity index is 2.15. The van der Waals surface area contributed by atoms with Crippen LogP contribution in [0.1, 0.15) is 17.0 Å². The molecule has 0 saturated carbocycles. The van der Waals surface area contributed by atoms with Crippen LogP contribution in [0.3, 0.4) is 0 Å². The first-order valence-corrected chi connectivity index (χ1v) is 7.92. The molecule has 0 radical (unpaired) electrons. The number of aryl methyl sites for hydroxylation is 1. The molecule has 0 unspecified atom stereocenters. The summed E-state index contributed by atoms with van der Waals surface area (Å²) in [5.41, 5.74) is -1.43. The molecule has 0 amide bonds. The second-order valence-corrected chi connectivity index (χ2v) is 6.27. The zero-order chi connectivity index (χ0) is 19.9. The molecule has 2 heterocycles. The van der Waals surface area contributed by atoms with Crippen molar-refractivity contribution in [2.45, 2.75) is 19.6 Å². The average Bonchev–Trinajstić information content (AvgIpc) is 2.57. The molecule has 27 heavy (non-hydrogen) atoms. The number of H-pyrrole nitrogens is 1. The molecule has 0 aliphatic rings. The topological polar surface area (TPSA) is 83.9 Å². The molecule has 0 bridgehead atoms. The maximum absolute atomic E-state index is 12.9. The molecular weight excluding hydrogens is 363 g/mol. The highest BCUT2D eigenvalue weighted by Crippen LogP contribution is 2.30. The Morgan fingerprint density at radius 1 is 1.15 bits per heavy atom. The van der Waals surface area contributed by atoms with Gasteiger partial charge < -0.3 is 9.88 Å². The van der Waals surface area contributed by atoms with Crippen LogP contribution >= 0.6 is 0 Å². The number of benzene rings is 1. The van der Waals surface area contributed by atoms with E-state index < -0.39 is 23.0 Å². The number of fused-ring (bicyclic) bond motifs is 1. The molecule has 142 valence electrons. The van der Waals surface area contributed by atoms with Gasteiger partial charge in [0, 0.05) is 19.8 Å². The number of hydrogen-bond donors (Lipinski definition) is 1. The van der Waals surface area contributed by atoms with E-state index in [9.17, 15) is 22.8 Å². The summed E-state index contributed by atoms with van der Waals surface area (Å²) in [7, 11) is 3.48. The molecule has 3 rings (SSSR count). The predicted molar refractivity (Wildman–Crippen MR) is 94.0 cm³/mol. The zero-order valence-electron chi connectivity index (χ0n) is 14.8. The van der Waals surface area contributed by atoms with E-state index in [2.05, 4.69) is 15.0 Å². The van der Waals surface area contributed by atoms with Crippen molar-refractivity contribution in [1.29, 1.82) is 0 Å². The van der Waals surface area contributed by atoms with Crippen LogP contribution in [-0.2, 0) is 12.7 Å². The molecule has 1 aromatic carbocycles. The second-order valence-electron chi connectivity index (χ2n) is 6.27. The Bertz CT molecular complexity index is 1130. The number of rotatable bonds is 3. The van der Waals surface area contributed by atoms with Gasteiger partial charge in [0.1, 0.15) is 0 Å². The summed E-state index contributed by atoms with van der Waals surface area (Å²) in [4.78, 5) is 37.5. The Labute approximate surface area is 151 Å². The number of aromatic amines is 1. The maximum Gasteiger partial charge on any atom is 0.416 e. The van der Waals surface area contributed by atoms with Gasteiger partial charge in [-0.2, -0.15) is 13.2 Å². The number of hydrogen-bond acceptors (Lipinski definition) is 5. The molecule has 2 aromatic heterocycles. The van der Waals surface area contributed by atoms with Crippen LogP contribution in [0.4, 0.5) is 19.1 Å². The van der Waals surface area contributed by atoms with Gasteiger partial charge in [-0.15, -0.1) is 0 Å². The van der Waals surface area contributed by atoms with Crippen LogP contribution in [0.15, 0.2) is 33.9 Å². The smallest absolute Gasteiger partial charge is 0.347 e. The summed E-state index contributed by atoms with van der Waals surface area (Å²) in [6.45, 7) is 1.55. The normalized spacial score (nSPS) is 11.8. The number of nitrogens with one attached hydrogen (secondary N) is 1. The van der Waals surface area contributed by atoms with E-state index in [1.807, 2.05) is 0 Å². The van der Waals surface area contributed by atoms with Gasteiger partial charge in [0.2, 0.25) is 5.95 Å². The fraction of sp³-hybridized carbons (Fsp3) is 0.294. The van der Waals surface area contributed by atoms with Crippen LogP contribution in [0.25, 0.3) is 10.9 Å². The van der Waals surface area contributed by atoms with Gasteiger partial charge in [0.15, 0.2) is 0 Å². The fourth-order valence-corrected chi connectivity index (χ4v) is 2.63. The molecule has 0 fully saturated rings. The van der Waals surface area contributed by atoms with E-state index in [1.165, 1.54) is 0 Å². The lowest BCUT2D eigenvalue weighted by atomic mass is 10.1. The van der Waals surface area contributed by atoms with E-state index in [-0.39, 0.29) is 17.4 Å². The average molecular weight is 379 g/mol. The summed E-state index contributed by atoms with van der Waals surface area (Å²) in [5, 5.41) is -0.219. The molecule has 0 saturated heterocycles. The van der Waals surface area contributed by atoms with Crippen molar-refractivity contribution in [3.63, 3.8) is 0 Å². The van der Waals surface area contributed by atoms with Gasteiger partial charge in [0.25, 0.3) is 5.56 Å². The summed E-state index contributed by atoms with van der Waals surface area (Å²) < 4.78 is 39.6. The third-order valence-electron chi connectivity index (χ3n) is 3.92. The lowest BCUT2D eigenvalue weighted by Crippen LogP contribution is -2.35. The van der Waals surface area contributed by atoms with Crippen molar-refractivity contribution in [3.8, 4) is 0 Å². The number of anilines is 1. The van der Waals surface area contributed by atoms with Crippen LogP contribution in [0, 0.1) is 6.92 Å². The van der Waals surface area contributed by atoms with Crippen molar-refractivity contribution in [3.05, 3.63) is 62.1 Å². The molecule has 0 atom stereocenters. The minimum atomic E-state index is -4.59. The zero-order valence-corrected chi connectivity index (χ0v) is 14.8. The van der Waals surface area contributed by atoms with E-state index in [0.29, 0.717) is 17.3 Å². The van der Waals surface area contributed by atoms with Crippen LogP contribution in [0.2, 0.25) is 0 Å². The maximum atomic E-state index is 12.9. The first-order valence-electron chi connectivity index (χ1n) is 7.92. The van der Waals surface area contributed by atoms with Gasteiger partial charge in [-0.25, -0.2) is 14.8 Å². The quantitative estimate of drug-likeness (QED) is 0.752. The largest absolute Gasteiger partial charge is 0.416 e. The Morgan fingerprint density at radius 2 is 1.85 bits per heavy atom. The third kappa shape index (κ3) is 3.69. The summed E-state index contributed by atoms with van der Waals surface area (Å²) >= 11 is 0. The van der Waals surface area contributed by atoms with Gasteiger partial charge in [-0.1, -0.05) is 0 Å². The number of halogens is 3. The minimum Gasteiger partial charge on any atom is -0.347 e. The monoisotopic (exact) mass is 379 g/mol. The molecular formula is C17H16F3N5O2. The highest BCUT2D eigenvalue weighted by Gasteiger charge is 2.31. The van der Waals surface area contributed by atoms with Crippen molar-refractivity contribution in [1.82, 2.24) is 19.5 Å². The van der Waals surface area contributed by atoms with Crippen molar-refractivity contribution >= 4 is 16.9 Å². The Morgan fingerprint density at radius 3 is 2.48 bits per heavy atom. The molecule has 0 aliphatic heterocycles. The predicted octanol–water partition coefficient (Wildman–Crippen LogP) is 1.92. The first kappa shape index (κ1) is 18.6. The van der Waals surface area contributed by atoms with Crippen LogP contribution < -0.4 is 16.1 Å². The lowest BCUT2D eigenvalue weighted by molar-refractivity contribution is -0.137. The van der Waals surface area contributed by atoms with Gasteiger partial charge in [0.05, 0.1) is 28.7 Å². The Hall–Kier alpha value is -3.17. The number of alkyl halides is 3. The highest BCUT2D eigenvalue weighted by atomic mass is 19.4. The van der Waals surface area contributed by atoms with Gasteiger partial charge >= 0.3 is 11.9 Å². The number of nitrogens with zero attached hydrogens (tertiary/aromatic N) is 4. The van der Waals surface area contributed by atoms with E-state index in [1.54, 1.807) is 32.0 Å². The minimum absolute atomic E-state index is 0.0436. The standard InChI is InChI=1S/C17H16F3N5O2/c1-9-6-11(22-15(21-9)24(2)3)8-25-14(26)12-7-10(17(18,19)20)4-5-13(12)23-16(25)27/h4-7H,8H2,1-3H3,(H,23,27). The fourth-order valence-electron chi connectivity index (χ4n) is 2.63. The molecule has 0 spiro atoms. The van der Waals surface area contributed by atoms with E-state index >= 15 is 0 Å². The molecule has 3 aromatic rings. The van der Waals surface area contributed by atoms with Crippen molar-refractivity contribution in [2.24, 2.45) is 0 Å². The molecule has 10 heteroatoms. The highest BCUT2D eigenvalue weighted by molar-refractivity contribution is 5.78. The van der Waals surface area contributed by atoms with Crippen molar-refractivity contribution < 1.29 is 13.2 Å². The van der Waals surface area contributed by atoms with Crippen LogP contribution in [-0.4, -0.2) is 33.6 Å². The van der Waals surface area contributed by atoms with Crippen molar-refractivity contribution in [2.75, 3.05) is 19.0 Å². The summed E-state index contributed by atoms with van der Waals surface area (Å²) in [6.07, 6.45) is -4.59. The van der Waals surface area contributed by atoms with E-state index in [4.69, 9.17) is 0 Å². The molecule has 7 nitrogen and oxygen atoms in total.